The molecule has 0 radical (unpaired) electrons. The fourth-order valence-electron chi connectivity index (χ4n) is 5.94. The van der Waals surface area contributed by atoms with Gasteiger partial charge in [-0.1, -0.05) is 35.9 Å². The van der Waals surface area contributed by atoms with Gasteiger partial charge in [0.2, 0.25) is 5.95 Å². The number of ether oxygens (including phenoxy) is 2. The molecule has 1 saturated heterocycles. The molecule has 2 heterocycles. The van der Waals surface area contributed by atoms with Crippen LogP contribution in [0.1, 0.15) is 29.5 Å². The second-order valence-corrected chi connectivity index (χ2v) is 11.2. The maximum atomic E-state index is 9.28. The van der Waals surface area contributed by atoms with E-state index in [1.54, 1.807) is 13.3 Å². The third kappa shape index (κ3) is 7.50. The molecule has 2 aromatic carbocycles. The highest BCUT2D eigenvalue weighted by molar-refractivity contribution is 6.32. The Labute approximate surface area is 253 Å². The molecule has 1 aliphatic carbocycles. The van der Waals surface area contributed by atoms with E-state index in [9.17, 15) is 5.11 Å². The zero-order valence-corrected chi connectivity index (χ0v) is 25.3. The minimum absolute atomic E-state index is 0.229. The summed E-state index contributed by atoms with van der Waals surface area (Å²) in [4.78, 5) is 14.1. The third-order valence-electron chi connectivity index (χ3n) is 8.09. The molecule has 0 spiro atoms. The van der Waals surface area contributed by atoms with E-state index in [4.69, 9.17) is 26.1 Å². The average molecular weight is 596 g/mol. The summed E-state index contributed by atoms with van der Waals surface area (Å²) in [7, 11) is 3.57. The highest BCUT2D eigenvalue weighted by Crippen LogP contribution is 2.38. The van der Waals surface area contributed by atoms with E-state index >= 15 is 0 Å². The van der Waals surface area contributed by atoms with Crippen LogP contribution in [-0.4, -0.2) is 91.1 Å². The van der Waals surface area contributed by atoms with Crippen LogP contribution in [0.5, 0.6) is 5.75 Å². The van der Waals surface area contributed by atoms with Crippen molar-refractivity contribution in [3.05, 3.63) is 64.3 Å². The van der Waals surface area contributed by atoms with Crippen LogP contribution in [0.25, 0.3) is 0 Å². The topological polar surface area (TPSA) is 107 Å². The molecule has 0 unspecified atom stereocenters. The standard InChI is InChI=1S/C31H42ClN7O3/c1-33-21-42-20-23-6-3-4-9-27(23)35-30-26(32)19-34-31(37-30)36-28-11-10-22-18-24(7-5-8-25(22)29(28)41-2)39-14-12-38(13-15-39)16-17-40/h3-4,6,9-11,19,24,33,40H,5,7-8,12-18,20-21H2,1-2H3,(H2,34,35,36,37)/t24-/m0/s1. The largest absolute Gasteiger partial charge is 0.494 e. The molecule has 5 rings (SSSR count). The fourth-order valence-corrected chi connectivity index (χ4v) is 6.07. The molecule has 4 N–H and O–H groups in total. The molecule has 1 aromatic heterocycles. The lowest BCUT2D eigenvalue weighted by Gasteiger charge is -2.39. The number of hydrogen-bond donors (Lipinski definition) is 4. The van der Waals surface area contributed by atoms with E-state index < -0.39 is 0 Å². The van der Waals surface area contributed by atoms with Crippen molar-refractivity contribution < 1.29 is 14.6 Å². The minimum atomic E-state index is 0.229. The van der Waals surface area contributed by atoms with Gasteiger partial charge in [0, 0.05) is 50.0 Å². The van der Waals surface area contributed by atoms with Gasteiger partial charge in [-0.15, -0.1) is 0 Å². The number of halogens is 1. The number of aromatic nitrogens is 2. The van der Waals surface area contributed by atoms with Gasteiger partial charge in [-0.2, -0.15) is 4.98 Å². The van der Waals surface area contributed by atoms with Crippen LogP contribution in [0, 0.1) is 0 Å². The van der Waals surface area contributed by atoms with Crippen molar-refractivity contribution in [2.24, 2.45) is 0 Å². The molecule has 0 amide bonds. The number of rotatable bonds is 12. The lowest BCUT2D eigenvalue weighted by Crippen LogP contribution is -2.51. The van der Waals surface area contributed by atoms with E-state index in [0.29, 0.717) is 36.2 Å². The first kappa shape index (κ1) is 30.5. The number of methoxy groups -OCH3 is 1. The van der Waals surface area contributed by atoms with E-state index in [1.165, 1.54) is 11.1 Å². The Bertz CT molecular complexity index is 1320. The fraction of sp³-hybridized carbons (Fsp3) is 0.484. The summed E-state index contributed by atoms with van der Waals surface area (Å²) >= 11 is 6.50. The molecular weight excluding hydrogens is 554 g/mol. The summed E-state index contributed by atoms with van der Waals surface area (Å²) in [6.45, 7) is 6.04. The third-order valence-corrected chi connectivity index (χ3v) is 8.36. The van der Waals surface area contributed by atoms with Gasteiger partial charge in [0.15, 0.2) is 5.82 Å². The number of nitrogens with one attached hydrogen (secondary N) is 3. The maximum Gasteiger partial charge on any atom is 0.229 e. The van der Waals surface area contributed by atoms with Crippen LogP contribution in [0.2, 0.25) is 5.02 Å². The first-order valence-electron chi connectivity index (χ1n) is 14.7. The number of fused-ring (bicyclic) bond motifs is 1. The van der Waals surface area contributed by atoms with Gasteiger partial charge in [0.05, 0.1) is 38.9 Å². The summed E-state index contributed by atoms with van der Waals surface area (Å²) in [6, 6.07) is 12.7. The minimum Gasteiger partial charge on any atom is -0.494 e. The van der Waals surface area contributed by atoms with Crippen LogP contribution in [0.3, 0.4) is 0 Å². The Kier molecular flexibility index (Phi) is 10.8. The number of β-amino-alcohol motifs (C(OH)–C–C–N with tert-alkyl or cyclic N) is 1. The van der Waals surface area contributed by atoms with Crippen molar-refractivity contribution in [1.82, 2.24) is 25.1 Å². The first-order valence-corrected chi connectivity index (χ1v) is 15.1. The number of nitrogens with zero attached hydrogens (tertiary/aromatic N) is 4. The van der Waals surface area contributed by atoms with E-state index in [-0.39, 0.29) is 6.61 Å². The second kappa shape index (κ2) is 15.0. The van der Waals surface area contributed by atoms with Crippen LogP contribution in [0.15, 0.2) is 42.6 Å². The number of para-hydroxylation sites is 1. The molecular formula is C31H42ClN7O3. The lowest BCUT2D eigenvalue weighted by molar-refractivity contribution is 0.0805. The molecule has 0 bridgehead atoms. The van der Waals surface area contributed by atoms with Crippen LogP contribution >= 0.6 is 11.6 Å². The summed E-state index contributed by atoms with van der Waals surface area (Å²) in [5.74, 6) is 1.78. The zero-order chi connectivity index (χ0) is 29.3. The molecule has 1 aliphatic heterocycles. The summed E-state index contributed by atoms with van der Waals surface area (Å²) < 4.78 is 11.6. The molecule has 10 nitrogen and oxygen atoms in total. The number of aliphatic hydroxyl groups excluding tert-OH is 1. The van der Waals surface area contributed by atoms with Gasteiger partial charge < -0.3 is 25.2 Å². The van der Waals surface area contributed by atoms with E-state index in [2.05, 4.69) is 42.9 Å². The molecule has 3 aromatic rings. The summed E-state index contributed by atoms with van der Waals surface area (Å²) in [6.07, 6.45) is 5.85. The quantitative estimate of drug-likeness (QED) is 0.138. The van der Waals surface area contributed by atoms with Crippen LogP contribution < -0.4 is 20.7 Å². The molecule has 2 aliphatic rings. The highest BCUT2D eigenvalue weighted by Gasteiger charge is 2.28. The van der Waals surface area contributed by atoms with E-state index in [0.717, 1.165) is 81.1 Å². The van der Waals surface area contributed by atoms with E-state index in [1.807, 2.05) is 31.3 Å². The summed E-state index contributed by atoms with van der Waals surface area (Å²) in [5, 5.41) is 19.4. The molecule has 1 atom stereocenters. The van der Waals surface area contributed by atoms with Crippen molar-refractivity contribution in [1.29, 1.82) is 0 Å². The number of aliphatic hydroxyl groups is 1. The summed E-state index contributed by atoms with van der Waals surface area (Å²) in [5.41, 5.74) is 5.30. The number of benzene rings is 2. The second-order valence-electron chi connectivity index (χ2n) is 10.8. The van der Waals surface area contributed by atoms with Gasteiger partial charge in [-0.3, -0.25) is 15.1 Å². The number of anilines is 4. The molecule has 11 heteroatoms. The molecule has 226 valence electrons. The number of hydrogen-bond acceptors (Lipinski definition) is 10. The van der Waals surface area contributed by atoms with Gasteiger partial charge in [-0.25, -0.2) is 4.98 Å². The Morgan fingerprint density at radius 3 is 2.69 bits per heavy atom. The SMILES string of the molecule is CNCOCc1ccccc1Nc1nc(Nc2ccc3c(c2OC)CCC[C@H](N2CCN(CCO)CC2)C3)ncc1Cl. The van der Waals surface area contributed by atoms with Gasteiger partial charge in [0.1, 0.15) is 10.8 Å². The smallest absolute Gasteiger partial charge is 0.229 e. The van der Waals surface area contributed by atoms with Crippen molar-refractivity contribution in [2.75, 3.05) is 70.9 Å². The predicted molar refractivity (Wildman–Crippen MR) is 167 cm³/mol. The van der Waals surface area contributed by atoms with Crippen molar-refractivity contribution in [2.45, 2.75) is 38.3 Å². The Balaban J connectivity index is 1.31. The van der Waals surface area contributed by atoms with Crippen LogP contribution in [-0.2, 0) is 24.2 Å². The lowest BCUT2D eigenvalue weighted by atomic mass is 9.98. The van der Waals surface area contributed by atoms with Crippen LogP contribution in [0.4, 0.5) is 23.1 Å². The zero-order valence-electron chi connectivity index (χ0n) is 24.5. The normalized spacial score (nSPS) is 17.9. The van der Waals surface area contributed by atoms with Crippen molar-refractivity contribution >= 4 is 34.7 Å². The predicted octanol–water partition coefficient (Wildman–Crippen LogP) is 4.18. The highest BCUT2D eigenvalue weighted by atomic mass is 35.5. The van der Waals surface area contributed by atoms with Gasteiger partial charge >= 0.3 is 0 Å². The van der Waals surface area contributed by atoms with Gasteiger partial charge in [-0.05, 0) is 56.0 Å². The first-order chi connectivity index (χ1) is 20.6. The Hall–Kier alpha value is -2.99. The van der Waals surface area contributed by atoms with Crippen molar-refractivity contribution in [3.8, 4) is 5.75 Å². The molecule has 42 heavy (non-hydrogen) atoms. The monoisotopic (exact) mass is 595 g/mol. The Morgan fingerprint density at radius 2 is 1.90 bits per heavy atom. The average Bonchev–Trinajstić information content (AvgIpc) is 3.23. The molecule has 1 fully saturated rings. The van der Waals surface area contributed by atoms with Crippen molar-refractivity contribution in [3.63, 3.8) is 0 Å². The number of piperazine rings is 1. The maximum absolute atomic E-state index is 9.28. The molecule has 0 saturated carbocycles. The van der Waals surface area contributed by atoms with Gasteiger partial charge in [0.25, 0.3) is 0 Å². The Morgan fingerprint density at radius 1 is 1.07 bits per heavy atom.